The summed E-state index contributed by atoms with van der Waals surface area (Å²) in [5.41, 5.74) is 5.03. The lowest BCUT2D eigenvalue weighted by atomic mass is 9.88. The quantitative estimate of drug-likeness (QED) is 0.740. The van der Waals surface area contributed by atoms with Gasteiger partial charge in [-0.15, -0.1) is 0 Å². The van der Waals surface area contributed by atoms with E-state index in [1.807, 2.05) is 6.92 Å². The van der Waals surface area contributed by atoms with Gasteiger partial charge in [-0.05, 0) is 56.9 Å². The van der Waals surface area contributed by atoms with Crippen molar-refractivity contribution >= 4 is 5.91 Å². The lowest BCUT2D eigenvalue weighted by Gasteiger charge is -2.34. The summed E-state index contributed by atoms with van der Waals surface area (Å²) in [6.07, 6.45) is 7.19. The Morgan fingerprint density at radius 1 is 1.26 bits per heavy atom. The number of hydrogen-bond acceptors (Lipinski definition) is 3. The molecule has 4 nitrogen and oxygen atoms in total. The standard InChI is InChI=1S/C15H28N2O2/c1-3-17-15(14(16)18,12-6-7-12)10-19-13-8-4-11(2)5-9-13/h11-13,17H,3-10H2,1-2H3,(H2,16,18). The summed E-state index contributed by atoms with van der Waals surface area (Å²) < 4.78 is 6.05. The molecule has 0 saturated heterocycles. The average molecular weight is 268 g/mol. The van der Waals surface area contributed by atoms with E-state index in [2.05, 4.69) is 12.2 Å². The van der Waals surface area contributed by atoms with Crippen LogP contribution in [0, 0.1) is 11.8 Å². The Morgan fingerprint density at radius 2 is 1.89 bits per heavy atom. The zero-order chi connectivity index (χ0) is 13.9. The maximum absolute atomic E-state index is 11.9. The van der Waals surface area contributed by atoms with Crippen LogP contribution in [0.2, 0.25) is 0 Å². The van der Waals surface area contributed by atoms with Crippen LogP contribution in [0.1, 0.15) is 52.4 Å². The van der Waals surface area contributed by atoms with E-state index in [1.54, 1.807) is 0 Å². The zero-order valence-electron chi connectivity index (χ0n) is 12.3. The normalized spacial score (nSPS) is 30.8. The van der Waals surface area contributed by atoms with Gasteiger partial charge in [-0.3, -0.25) is 4.79 Å². The van der Waals surface area contributed by atoms with E-state index >= 15 is 0 Å². The van der Waals surface area contributed by atoms with Crippen molar-refractivity contribution in [3.8, 4) is 0 Å². The first-order valence-corrected chi connectivity index (χ1v) is 7.75. The van der Waals surface area contributed by atoms with Gasteiger partial charge in [0.05, 0.1) is 12.7 Å². The van der Waals surface area contributed by atoms with Crippen LogP contribution in [0.25, 0.3) is 0 Å². The largest absolute Gasteiger partial charge is 0.376 e. The first-order chi connectivity index (χ1) is 9.08. The Balaban J connectivity index is 1.91. The minimum absolute atomic E-state index is 0.249. The molecule has 1 amide bonds. The predicted molar refractivity (Wildman–Crippen MR) is 75.7 cm³/mol. The van der Waals surface area contributed by atoms with Crippen LogP contribution >= 0.6 is 0 Å². The van der Waals surface area contributed by atoms with Gasteiger partial charge in [-0.25, -0.2) is 0 Å². The van der Waals surface area contributed by atoms with Gasteiger partial charge in [0.1, 0.15) is 5.54 Å². The molecule has 4 heteroatoms. The fraction of sp³-hybridized carbons (Fsp3) is 0.933. The molecule has 2 aliphatic rings. The number of amides is 1. The van der Waals surface area contributed by atoms with Crippen LogP contribution in [-0.4, -0.2) is 30.7 Å². The van der Waals surface area contributed by atoms with Crippen molar-refractivity contribution in [3.05, 3.63) is 0 Å². The molecule has 19 heavy (non-hydrogen) atoms. The lowest BCUT2D eigenvalue weighted by Crippen LogP contribution is -2.60. The van der Waals surface area contributed by atoms with Gasteiger partial charge in [-0.2, -0.15) is 0 Å². The van der Waals surface area contributed by atoms with Gasteiger partial charge in [0.2, 0.25) is 5.91 Å². The number of carbonyl (C=O) groups excluding carboxylic acids is 1. The van der Waals surface area contributed by atoms with Gasteiger partial charge in [-0.1, -0.05) is 13.8 Å². The van der Waals surface area contributed by atoms with Crippen LogP contribution in [0.15, 0.2) is 0 Å². The molecule has 1 unspecified atom stereocenters. The minimum atomic E-state index is -0.627. The average Bonchev–Trinajstić information content (AvgIpc) is 3.20. The lowest BCUT2D eigenvalue weighted by molar-refractivity contribution is -0.130. The van der Waals surface area contributed by atoms with Crippen molar-refractivity contribution in [2.24, 2.45) is 17.6 Å². The first kappa shape index (κ1) is 14.8. The highest BCUT2D eigenvalue weighted by molar-refractivity contribution is 5.85. The van der Waals surface area contributed by atoms with Crippen molar-refractivity contribution in [3.63, 3.8) is 0 Å². The maximum Gasteiger partial charge on any atom is 0.240 e. The fourth-order valence-electron chi connectivity index (χ4n) is 3.21. The molecule has 0 radical (unpaired) electrons. The molecule has 2 aliphatic carbocycles. The van der Waals surface area contributed by atoms with Crippen molar-refractivity contribution in [2.45, 2.75) is 64.0 Å². The van der Waals surface area contributed by atoms with Crippen LogP contribution in [0.4, 0.5) is 0 Å². The number of nitrogens with two attached hydrogens (primary N) is 1. The van der Waals surface area contributed by atoms with Gasteiger partial charge in [0.25, 0.3) is 0 Å². The second-order valence-electron chi connectivity index (χ2n) is 6.33. The molecule has 2 rings (SSSR count). The predicted octanol–water partition coefficient (Wildman–Crippen LogP) is 1.83. The van der Waals surface area contributed by atoms with Crippen LogP contribution < -0.4 is 11.1 Å². The molecular weight excluding hydrogens is 240 g/mol. The third kappa shape index (κ3) is 3.48. The Bertz CT molecular complexity index is 309. The topological polar surface area (TPSA) is 64.3 Å². The Labute approximate surface area is 116 Å². The number of ether oxygens (including phenoxy) is 1. The van der Waals surface area contributed by atoms with Crippen molar-refractivity contribution in [1.82, 2.24) is 5.32 Å². The number of hydrogen-bond donors (Lipinski definition) is 2. The van der Waals surface area contributed by atoms with E-state index in [4.69, 9.17) is 10.5 Å². The van der Waals surface area contributed by atoms with Crippen molar-refractivity contribution in [1.29, 1.82) is 0 Å². The highest BCUT2D eigenvalue weighted by atomic mass is 16.5. The van der Waals surface area contributed by atoms with Crippen LogP contribution in [0.5, 0.6) is 0 Å². The summed E-state index contributed by atoms with van der Waals surface area (Å²) in [5.74, 6) is 0.937. The molecule has 0 aromatic heterocycles. The third-order valence-electron chi connectivity index (χ3n) is 4.72. The van der Waals surface area contributed by atoms with E-state index in [9.17, 15) is 4.79 Å². The Hall–Kier alpha value is -0.610. The van der Waals surface area contributed by atoms with Gasteiger partial charge in [0, 0.05) is 0 Å². The zero-order valence-corrected chi connectivity index (χ0v) is 12.3. The molecule has 0 aromatic carbocycles. The van der Waals surface area contributed by atoms with Crippen LogP contribution in [0.3, 0.4) is 0 Å². The summed E-state index contributed by atoms with van der Waals surface area (Å²) in [5, 5.41) is 3.31. The molecule has 0 aromatic rings. The summed E-state index contributed by atoms with van der Waals surface area (Å²) in [7, 11) is 0. The summed E-state index contributed by atoms with van der Waals surface area (Å²) >= 11 is 0. The minimum Gasteiger partial charge on any atom is -0.376 e. The van der Waals surface area contributed by atoms with E-state index in [-0.39, 0.29) is 5.91 Å². The Kier molecular flexibility index (Phi) is 4.85. The summed E-state index contributed by atoms with van der Waals surface area (Å²) in [6, 6.07) is 0. The number of nitrogens with one attached hydrogen (secondary N) is 1. The highest BCUT2D eigenvalue weighted by Crippen LogP contribution is 2.40. The molecule has 1 atom stereocenters. The van der Waals surface area contributed by atoms with Crippen LogP contribution in [-0.2, 0) is 9.53 Å². The molecule has 0 spiro atoms. The number of carbonyl (C=O) groups is 1. The molecular formula is C15H28N2O2. The first-order valence-electron chi connectivity index (χ1n) is 7.75. The van der Waals surface area contributed by atoms with E-state index < -0.39 is 5.54 Å². The molecule has 0 bridgehead atoms. The summed E-state index contributed by atoms with van der Waals surface area (Å²) in [6.45, 7) is 5.51. The fourth-order valence-corrected chi connectivity index (χ4v) is 3.21. The van der Waals surface area contributed by atoms with E-state index in [0.717, 1.165) is 38.1 Å². The third-order valence-corrected chi connectivity index (χ3v) is 4.72. The van der Waals surface area contributed by atoms with E-state index in [1.165, 1.54) is 12.8 Å². The molecule has 3 N–H and O–H groups in total. The number of primary amides is 1. The van der Waals surface area contributed by atoms with Gasteiger partial charge >= 0.3 is 0 Å². The number of likely N-dealkylation sites (N-methyl/N-ethyl adjacent to an activating group) is 1. The molecule has 0 aliphatic heterocycles. The SMILES string of the molecule is CCNC(COC1CCC(C)CC1)(C(N)=O)C1CC1. The molecule has 2 saturated carbocycles. The number of rotatable bonds is 7. The smallest absolute Gasteiger partial charge is 0.240 e. The summed E-state index contributed by atoms with van der Waals surface area (Å²) in [4.78, 5) is 11.9. The maximum atomic E-state index is 11.9. The monoisotopic (exact) mass is 268 g/mol. The molecule has 0 heterocycles. The van der Waals surface area contributed by atoms with Gasteiger partial charge in [0.15, 0.2) is 0 Å². The second kappa shape index (κ2) is 6.23. The van der Waals surface area contributed by atoms with Crippen molar-refractivity contribution < 1.29 is 9.53 Å². The molecule has 110 valence electrons. The second-order valence-corrected chi connectivity index (χ2v) is 6.33. The van der Waals surface area contributed by atoms with E-state index in [0.29, 0.717) is 18.6 Å². The highest BCUT2D eigenvalue weighted by Gasteiger charge is 2.50. The van der Waals surface area contributed by atoms with Crippen molar-refractivity contribution in [2.75, 3.05) is 13.2 Å². The van der Waals surface area contributed by atoms with Gasteiger partial charge < -0.3 is 15.8 Å². The Morgan fingerprint density at radius 3 is 2.37 bits per heavy atom. The molecule has 2 fully saturated rings.